The summed E-state index contributed by atoms with van der Waals surface area (Å²) in [7, 11) is 0. The number of carbonyl (C=O) groups excluding carboxylic acids is 1. The fraction of sp³-hybridized carbons (Fsp3) is 0.588. The van der Waals surface area contributed by atoms with Gasteiger partial charge in [0.1, 0.15) is 0 Å². The van der Waals surface area contributed by atoms with E-state index in [1.807, 2.05) is 6.07 Å². The number of nitrogens with zero attached hydrogens (tertiary/aromatic N) is 1. The molecule has 1 aromatic rings. The van der Waals surface area contributed by atoms with Crippen LogP contribution in [0.2, 0.25) is 0 Å². The van der Waals surface area contributed by atoms with Crippen molar-refractivity contribution < 1.29 is 4.79 Å². The van der Waals surface area contributed by atoms with Crippen LogP contribution in [-0.4, -0.2) is 23.9 Å². The van der Waals surface area contributed by atoms with Crippen molar-refractivity contribution in [1.29, 1.82) is 0 Å². The van der Waals surface area contributed by atoms with Gasteiger partial charge in [0.2, 0.25) is 5.91 Å². The van der Waals surface area contributed by atoms with Crippen LogP contribution in [-0.2, 0) is 11.2 Å². The Hall–Kier alpha value is -1.31. The molecule has 2 rings (SSSR count). The molecule has 0 spiro atoms. The van der Waals surface area contributed by atoms with Crippen molar-refractivity contribution >= 4 is 5.91 Å². The number of hydrogen-bond donors (Lipinski definition) is 0. The Morgan fingerprint density at radius 3 is 2.26 bits per heavy atom. The highest BCUT2D eigenvalue weighted by Crippen LogP contribution is 2.12. The predicted molar refractivity (Wildman–Crippen MR) is 79.0 cm³/mol. The molecule has 0 radical (unpaired) electrons. The Kier molecular flexibility index (Phi) is 5.93. The minimum atomic E-state index is 0.359. The van der Waals surface area contributed by atoms with Gasteiger partial charge in [0.25, 0.3) is 0 Å². The summed E-state index contributed by atoms with van der Waals surface area (Å²) in [5.41, 5.74) is 1.34. The van der Waals surface area contributed by atoms with Gasteiger partial charge in [-0.15, -0.1) is 0 Å². The van der Waals surface area contributed by atoms with E-state index in [0.717, 1.165) is 25.9 Å². The summed E-state index contributed by atoms with van der Waals surface area (Å²) in [6.45, 7) is 1.95. The summed E-state index contributed by atoms with van der Waals surface area (Å²) in [5, 5.41) is 0. The average molecular weight is 259 g/mol. The van der Waals surface area contributed by atoms with Gasteiger partial charge in [-0.1, -0.05) is 49.6 Å². The number of amides is 1. The highest BCUT2D eigenvalue weighted by Gasteiger charge is 2.13. The largest absolute Gasteiger partial charge is 0.343 e. The summed E-state index contributed by atoms with van der Waals surface area (Å²) in [6, 6.07) is 10.4. The maximum absolute atomic E-state index is 12.2. The van der Waals surface area contributed by atoms with Gasteiger partial charge in [0.15, 0.2) is 0 Å². The van der Waals surface area contributed by atoms with E-state index in [1.54, 1.807) is 0 Å². The van der Waals surface area contributed by atoms with Crippen molar-refractivity contribution in [2.45, 2.75) is 51.4 Å². The first-order valence-corrected chi connectivity index (χ1v) is 7.68. The molecular weight excluding hydrogens is 234 g/mol. The molecule has 19 heavy (non-hydrogen) atoms. The van der Waals surface area contributed by atoms with Crippen LogP contribution in [0.4, 0.5) is 0 Å². The molecule has 0 aromatic heterocycles. The van der Waals surface area contributed by atoms with Crippen LogP contribution in [0.1, 0.15) is 50.5 Å². The molecule has 0 N–H and O–H groups in total. The number of rotatable bonds is 4. The number of benzene rings is 1. The molecule has 104 valence electrons. The Morgan fingerprint density at radius 2 is 1.58 bits per heavy atom. The van der Waals surface area contributed by atoms with Gasteiger partial charge in [0, 0.05) is 19.5 Å². The quantitative estimate of drug-likeness (QED) is 0.805. The van der Waals surface area contributed by atoms with Crippen LogP contribution >= 0.6 is 0 Å². The van der Waals surface area contributed by atoms with E-state index in [4.69, 9.17) is 0 Å². The first-order valence-electron chi connectivity index (χ1n) is 7.68. The molecule has 1 heterocycles. The van der Waals surface area contributed by atoms with E-state index in [0.29, 0.717) is 12.3 Å². The lowest BCUT2D eigenvalue weighted by Gasteiger charge is -2.24. The van der Waals surface area contributed by atoms with Gasteiger partial charge in [-0.25, -0.2) is 0 Å². The molecule has 1 aliphatic rings. The second-order valence-corrected chi connectivity index (χ2v) is 5.49. The van der Waals surface area contributed by atoms with E-state index in [2.05, 4.69) is 29.2 Å². The Morgan fingerprint density at radius 1 is 0.947 bits per heavy atom. The van der Waals surface area contributed by atoms with Crippen LogP contribution in [0.5, 0.6) is 0 Å². The molecule has 0 bridgehead atoms. The normalized spacial score (nSPS) is 16.7. The van der Waals surface area contributed by atoms with E-state index in [1.165, 1.54) is 37.7 Å². The third kappa shape index (κ3) is 5.06. The molecule has 0 aliphatic carbocycles. The summed E-state index contributed by atoms with van der Waals surface area (Å²) in [5.74, 6) is 0.359. The van der Waals surface area contributed by atoms with Crippen molar-refractivity contribution in [1.82, 2.24) is 4.90 Å². The van der Waals surface area contributed by atoms with Gasteiger partial charge in [-0.3, -0.25) is 4.79 Å². The fourth-order valence-electron chi connectivity index (χ4n) is 2.74. The molecule has 1 saturated heterocycles. The molecule has 0 unspecified atom stereocenters. The predicted octanol–water partition coefficient (Wildman–Crippen LogP) is 3.80. The number of hydrogen-bond acceptors (Lipinski definition) is 1. The first kappa shape index (κ1) is 14.1. The zero-order valence-electron chi connectivity index (χ0n) is 11.8. The van der Waals surface area contributed by atoms with Gasteiger partial charge < -0.3 is 4.90 Å². The maximum Gasteiger partial charge on any atom is 0.222 e. The molecule has 0 atom stereocenters. The molecule has 1 aromatic carbocycles. The van der Waals surface area contributed by atoms with Crippen LogP contribution in [0.15, 0.2) is 30.3 Å². The van der Waals surface area contributed by atoms with Gasteiger partial charge in [-0.2, -0.15) is 0 Å². The minimum absolute atomic E-state index is 0.359. The van der Waals surface area contributed by atoms with Crippen LogP contribution < -0.4 is 0 Å². The van der Waals surface area contributed by atoms with Crippen molar-refractivity contribution in [3.8, 4) is 0 Å². The number of carbonyl (C=O) groups is 1. The summed E-state index contributed by atoms with van der Waals surface area (Å²) < 4.78 is 0. The standard InChI is InChI=1S/C17H25NO/c19-17(18-14-7-2-1-3-8-15-18)13-9-12-16-10-5-4-6-11-16/h4-6,10-11H,1-3,7-9,12-15H2. The topological polar surface area (TPSA) is 20.3 Å². The Bertz CT molecular complexity index is 366. The lowest BCUT2D eigenvalue weighted by Crippen LogP contribution is -2.33. The molecular formula is C17H25NO. The summed E-state index contributed by atoms with van der Waals surface area (Å²) >= 11 is 0. The second kappa shape index (κ2) is 7.98. The summed E-state index contributed by atoms with van der Waals surface area (Å²) in [6.07, 6.45) is 8.97. The van der Waals surface area contributed by atoms with Gasteiger partial charge >= 0.3 is 0 Å². The number of aryl methyl sites for hydroxylation is 1. The van der Waals surface area contributed by atoms with E-state index in [9.17, 15) is 4.79 Å². The lowest BCUT2D eigenvalue weighted by atomic mass is 10.1. The van der Waals surface area contributed by atoms with Gasteiger partial charge in [-0.05, 0) is 31.2 Å². The van der Waals surface area contributed by atoms with Crippen LogP contribution in [0.25, 0.3) is 0 Å². The third-order valence-corrected chi connectivity index (χ3v) is 3.91. The summed E-state index contributed by atoms with van der Waals surface area (Å²) in [4.78, 5) is 14.3. The highest BCUT2D eigenvalue weighted by atomic mass is 16.2. The molecule has 0 saturated carbocycles. The van der Waals surface area contributed by atoms with Crippen molar-refractivity contribution in [2.75, 3.05) is 13.1 Å². The smallest absolute Gasteiger partial charge is 0.222 e. The van der Waals surface area contributed by atoms with Crippen molar-refractivity contribution in [2.24, 2.45) is 0 Å². The van der Waals surface area contributed by atoms with E-state index in [-0.39, 0.29) is 0 Å². The van der Waals surface area contributed by atoms with Gasteiger partial charge in [0.05, 0.1) is 0 Å². The van der Waals surface area contributed by atoms with Crippen molar-refractivity contribution in [3.63, 3.8) is 0 Å². The average Bonchev–Trinajstić information content (AvgIpc) is 2.39. The first-order chi connectivity index (χ1) is 9.36. The molecule has 2 heteroatoms. The maximum atomic E-state index is 12.2. The zero-order valence-corrected chi connectivity index (χ0v) is 11.8. The SMILES string of the molecule is O=C(CCCc1ccccc1)N1CCCCCCC1. The molecule has 1 amide bonds. The Labute approximate surface area is 116 Å². The van der Waals surface area contributed by atoms with Crippen molar-refractivity contribution in [3.05, 3.63) is 35.9 Å². The number of likely N-dealkylation sites (tertiary alicyclic amines) is 1. The van der Waals surface area contributed by atoms with E-state index < -0.39 is 0 Å². The lowest BCUT2D eigenvalue weighted by molar-refractivity contribution is -0.131. The second-order valence-electron chi connectivity index (χ2n) is 5.49. The van der Waals surface area contributed by atoms with Crippen LogP contribution in [0, 0.1) is 0 Å². The molecule has 2 nitrogen and oxygen atoms in total. The Balaban J connectivity index is 1.71. The van der Waals surface area contributed by atoms with E-state index >= 15 is 0 Å². The molecule has 1 fully saturated rings. The zero-order chi connectivity index (χ0) is 13.3. The minimum Gasteiger partial charge on any atom is -0.343 e. The third-order valence-electron chi connectivity index (χ3n) is 3.91. The fourth-order valence-corrected chi connectivity index (χ4v) is 2.74. The van der Waals surface area contributed by atoms with Crippen LogP contribution in [0.3, 0.4) is 0 Å². The molecule has 1 aliphatic heterocycles. The monoisotopic (exact) mass is 259 g/mol. The highest BCUT2D eigenvalue weighted by molar-refractivity contribution is 5.76.